The SMILES string of the molecule is CCCC(C)(CC)OC(=O)c1ccc(C(=O)Oc2c(C)cc(C(C)(c3ccccc3)c3cc(C)c(OC(C)(C)CC)c(C)c3)cc2C)cc1. The predicted molar refractivity (Wildman–Crippen MR) is 199 cm³/mol. The van der Waals surface area contributed by atoms with Crippen LogP contribution in [-0.4, -0.2) is 23.1 Å². The summed E-state index contributed by atoms with van der Waals surface area (Å²) in [4.78, 5) is 26.2. The first-order valence-electron chi connectivity index (χ1n) is 17.6. The van der Waals surface area contributed by atoms with Crippen LogP contribution in [-0.2, 0) is 10.2 Å². The second-order valence-electron chi connectivity index (χ2n) is 14.5. The lowest BCUT2D eigenvalue weighted by Crippen LogP contribution is -2.30. The second-order valence-corrected chi connectivity index (χ2v) is 14.5. The molecule has 5 heteroatoms. The van der Waals surface area contributed by atoms with Gasteiger partial charge in [-0.2, -0.15) is 0 Å². The van der Waals surface area contributed by atoms with E-state index in [1.54, 1.807) is 24.3 Å². The van der Waals surface area contributed by atoms with E-state index in [2.05, 4.69) is 97.0 Å². The van der Waals surface area contributed by atoms with E-state index in [0.717, 1.165) is 70.4 Å². The van der Waals surface area contributed by atoms with Gasteiger partial charge >= 0.3 is 11.9 Å². The molecule has 0 heterocycles. The third kappa shape index (κ3) is 8.26. The summed E-state index contributed by atoms with van der Waals surface area (Å²) in [5, 5.41) is 0. The lowest BCUT2D eigenvalue weighted by molar-refractivity contribution is -0.0156. The summed E-state index contributed by atoms with van der Waals surface area (Å²) in [6.45, 7) is 22.9. The first-order valence-corrected chi connectivity index (χ1v) is 17.6. The molecule has 4 rings (SSSR count). The van der Waals surface area contributed by atoms with Crippen LogP contribution < -0.4 is 9.47 Å². The Labute approximate surface area is 294 Å². The monoisotopic (exact) mass is 662 g/mol. The molecule has 0 spiro atoms. The number of aryl methyl sites for hydroxylation is 4. The first kappa shape index (κ1) is 37.4. The zero-order valence-corrected chi connectivity index (χ0v) is 31.4. The van der Waals surface area contributed by atoms with Crippen LogP contribution in [0.2, 0.25) is 0 Å². The zero-order valence-electron chi connectivity index (χ0n) is 31.4. The van der Waals surface area contributed by atoms with Gasteiger partial charge in [-0.05, 0) is 138 Å². The minimum Gasteiger partial charge on any atom is -0.487 e. The number of hydrogen-bond donors (Lipinski definition) is 0. The fourth-order valence-corrected chi connectivity index (χ4v) is 6.43. The molecule has 0 bridgehead atoms. The third-order valence-corrected chi connectivity index (χ3v) is 10.1. The van der Waals surface area contributed by atoms with E-state index in [4.69, 9.17) is 14.2 Å². The largest absolute Gasteiger partial charge is 0.487 e. The van der Waals surface area contributed by atoms with Crippen molar-refractivity contribution in [2.75, 3.05) is 0 Å². The first-order chi connectivity index (χ1) is 23.1. The molecule has 0 aromatic heterocycles. The van der Waals surface area contributed by atoms with Crippen LogP contribution in [0.25, 0.3) is 0 Å². The minimum absolute atomic E-state index is 0.264. The highest BCUT2D eigenvalue weighted by Crippen LogP contribution is 2.44. The molecule has 2 atom stereocenters. The van der Waals surface area contributed by atoms with Crippen molar-refractivity contribution in [1.29, 1.82) is 0 Å². The highest BCUT2D eigenvalue weighted by molar-refractivity contribution is 5.94. The standard InChI is InChI=1S/C44H54O5/c1-12-24-43(10,14-3)49-41(46)34-22-20-33(21-23-34)40(45)47-38-29(4)25-36(26-30(38)5)44(11,35-18-16-15-17-19-35)37-27-31(6)39(32(7)28-37)48-42(8,9)13-2/h15-23,25-28H,12-14,24H2,1-11H3. The van der Waals surface area contributed by atoms with E-state index in [1.807, 2.05) is 33.8 Å². The fraction of sp³-hybridized carbons (Fsp3) is 0.409. The average molecular weight is 663 g/mol. The maximum atomic E-state index is 13.4. The van der Waals surface area contributed by atoms with E-state index in [9.17, 15) is 9.59 Å². The number of carbonyl (C=O) groups excluding carboxylic acids is 2. The van der Waals surface area contributed by atoms with E-state index in [1.165, 1.54) is 0 Å². The Morgan fingerprint density at radius 3 is 1.51 bits per heavy atom. The lowest BCUT2D eigenvalue weighted by Gasteiger charge is -2.34. The fourth-order valence-electron chi connectivity index (χ4n) is 6.43. The number of benzene rings is 4. The summed E-state index contributed by atoms with van der Waals surface area (Å²) in [7, 11) is 0. The van der Waals surface area contributed by atoms with E-state index < -0.39 is 17.0 Å². The van der Waals surface area contributed by atoms with Crippen molar-refractivity contribution < 1.29 is 23.8 Å². The molecule has 5 nitrogen and oxygen atoms in total. The molecule has 0 aliphatic rings. The van der Waals surface area contributed by atoms with Crippen LogP contribution in [0.4, 0.5) is 0 Å². The summed E-state index contributed by atoms with van der Waals surface area (Å²) in [5.74, 6) is 0.593. The molecule has 4 aromatic rings. The van der Waals surface area contributed by atoms with Crippen LogP contribution in [0.5, 0.6) is 11.5 Å². The molecule has 0 N–H and O–H groups in total. The highest BCUT2D eigenvalue weighted by atomic mass is 16.6. The Morgan fingerprint density at radius 1 is 0.592 bits per heavy atom. The van der Waals surface area contributed by atoms with Crippen molar-refractivity contribution in [2.45, 2.75) is 118 Å². The third-order valence-electron chi connectivity index (χ3n) is 10.1. The van der Waals surface area contributed by atoms with Gasteiger partial charge in [0.05, 0.1) is 11.1 Å². The normalized spacial score (nSPS) is 14.0. The molecule has 0 radical (unpaired) electrons. The number of hydrogen-bond acceptors (Lipinski definition) is 5. The molecule has 0 saturated heterocycles. The van der Waals surface area contributed by atoms with Gasteiger partial charge in [-0.1, -0.05) is 81.8 Å². The molecule has 0 aliphatic heterocycles. The van der Waals surface area contributed by atoms with Crippen LogP contribution >= 0.6 is 0 Å². The molecule has 0 aliphatic carbocycles. The van der Waals surface area contributed by atoms with Crippen molar-refractivity contribution >= 4 is 11.9 Å². The van der Waals surface area contributed by atoms with Gasteiger partial charge in [0.2, 0.25) is 0 Å². The van der Waals surface area contributed by atoms with Crippen LogP contribution in [0.1, 0.15) is 134 Å². The van der Waals surface area contributed by atoms with Crippen LogP contribution in [0.3, 0.4) is 0 Å². The van der Waals surface area contributed by atoms with Crippen molar-refractivity contribution in [3.63, 3.8) is 0 Å². The van der Waals surface area contributed by atoms with E-state index in [-0.39, 0.29) is 11.6 Å². The second kappa shape index (κ2) is 15.0. The van der Waals surface area contributed by atoms with Gasteiger partial charge < -0.3 is 14.2 Å². The predicted octanol–water partition coefficient (Wildman–Crippen LogP) is 11.2. The van der Waals surface area contributed by atoms with E-state index in [0.29, 0.717) is 16.9 Å². The summed E-state index contributed by atoms with van der Waals surface area (Å²) in [6.07, 6.45) is 3.35. The van der Waals surface area contributed by atoms with Gasteiger partial charge in [0.15, 0.2) is 0 Å². The quantitative estimate of drug-likeness (QED) is 0.0810. The van der Waals surface area contributed by atoms with Gasteiger partial charge in [-0.25, -0.2) is 9.59 Å². The number of carbonyl (C=O) groups is 2. The van der Waals surface area contributed by atoms with Gasteiger partial charge in [0, 0.05) is 5.41 Å². The Hall–Kier alpha value is -4.38. The number of ether oxygens (including phenoxy) is 3. The zero-order chi connectivity index (χ0) is 36.1. The van der Waals surface area contributed by atoms with E-state index >= 15 is 0 Å². The average Bonchev–Trinajstić information content (AvgIpc) is 3.07. The van der Waals surface area contributed by atoms with Crippen LogP contribution in [0, 0.1) is 27.7 Å². The highest BCUT2D eigenvalue weighted by Gasteiger charge is 2.34. The lowest BCUT2D eigenvalue weighted by atomic mass is 9.69. The maximum Gasteiger partial charge on any atom is 0.343 e. The Bertz CT molecular complexity index is 1740. The molecule has 0 fully saturated rings. The van der Waals surface area contributed by atoms with Crippen molar-refractivity contribution in [3.8, 4) is 11.5 Å². The molecular weight excluding hydrogens is 608 g/mol. The molecule has 2 unspecified atom stereocenters. The summed E-state index contributed by atoms with van der Waals surface area (Å²) < 4.78 is 18.3. The van der Waals surface area contributed by atoms with Crippen molar-refractivity contribution in [2.24, 2.45) is 0 Å². The Kier molecular flexibility index (Phi) is 11.5. The number of rotatable bonds is 13. The van der Waals surface area contributed by atoms with Gasteiger partial charge in [0.1, 0.15) is 22.7 Å². The van der Waals surface area contributed by atoms with Gasteiger partial charge in [-0.3, -0.25) is 0 Å². The molecule has 49 heavy (non-hydrogen) atoms. The van der Waals surface area contributed by atoms with Crippen molar-refractivity contribution in [3.05, 3.63) is 129 Å². The smallest absolute Gasteiger partial charge is 0.343 e. The summed E-state index contributed by atoms with van der Waals surface area (Å²) in [6, 6.07) is 25.7. The molecular formula is C44H54O5. The Balaban J connectivity index is 1.66. The van der Waals surface area contributed by atoms with Gasteiger partial charge in [0.25, 0.3) is 0 Å². The molecule has 4 aromatic carbocycles. The summed E-state index contributed by atoms with van der Waals surface area (Å²) >= 11 is 0. The summed E-state index contributed by atoms with van der Waals surface area (Å²) in [5.41, 5.74) is 6.82. The van der Waals surface area contributed by atoms with Crippen molar-refractivity contribution in [1.82, 2.24) is 0 Å². The van der Waals surface area contributed by atoms with Crippen LogP contribution in [0.15, 0.2) is 78.9 Å². The Morgan fingerprint density at radius 2 is 1.06 bits per heavy atom. The number of esters is 2. The van der Waals surface area contributed by atoms with Gasteiger partial charge in [-0.15, -0.1) is 0 Å². The topological polar surface area (TPSA) is 61.8 Å². The minimum atomic E-state index is -0.511. The molecule has 0 saturated carbocycles. The maximum absolute atomic E-state index is 13.4. The molecule has 260 valence electrons. The molecule has 0 amide bonds.